The number of likely N-dealkylation sites (tertiary alicyclic amines) is 1. The lowest BCUT2D eigenvalue weighted by molar-refractivity contribution is -0.133. The van der Waals surface area contributed by atoms with Gasteiger partial charge in [0.15, 0.2) is 0 Å². The highest BCUT2D eigenvalue weighted by atomic mass is 32.2. The molecule has 0 aromatic heterocycles. The maximum atomic E-state index is 12.3. The first-order chi connectivity index (χ1) is 9.91. The first-order valence-electron chi connectivity index (χ1n) is 7.06. The number of amides is 1. The maximum absolute atomic E-state index is 12.3. The van der Waals surface area contributed by atoms with Gasteiger partial charge < -0.3 is 10.0 Å². The van der Waals surface area contributed by atoms with Crippen LogP contribution in [0.2, 0.25) is 0 Å². The van der Waals surface area contributed by atoms with Crippen LogP contribution in [-0.4, -0.2) is 39.9 Å². The molecule has 1 aromatic rings. The van der Waals surface area contributed by atoms with Gasteiger partial charge in [-0.3, -0.25) is 4.79 Å². The number of aliphatic hydroxyl groups is 1. The number of nitrogens with zero attached hydrogens (tertiary/aromatic N) is 2. The lowest BCUT2D eigenvalue weighted by Crippen LogP contribution is -2.48. The van der Waals surface area contributed by atoms with E-state index in [1.807, 2.05) is 12.1 Å². The largest absolute Gasteiger partial charge is 0.388 e. The zero-order valence-electron chi connectivity index (χ0n) is 12.4. The van der Waals surface area contributed by atoms with Gasteiger partial charge in [-0.05, 0) is 51.0 Å². The number of benzene rings is 1. The third kappa shape index (κ3) is 3.99. The lowest BCUT2D eigenvalue weighted by Gasteiger charge is -2.33. The summed E-state index contributed by atoms with van der Waals surface area (Å²) in [7, 11) is 0. The van der Waals surface area contributed by atoms with Crippen LogP contribution in [0.25, 0.3) is 0 Å². The Balaban J connectivity index is 1.93. The Hall–Kier alpha value is -1.51. The van der Waals surface area contributed by atoms with Crippen LogP contribution < -0.4 is 0 Å². The Morgan fingerprint density at radius 1 is 1.48 bits per heavy atom. The van der Waals surface area contributed by atoms with Gasteiger partial charge in [-0.1, -0.05) is 0 Å². The van der Waals surface area contributed by atoms with Crippen LogP contribution in [0.3, 0.4) is 0 Å². The topological polar surface area (TPSA) is 64.3 Å². The number of nitriles is 1. The predicted molar refractivity (Wildman–Crippen MR) is 82.9 cm³/mol. The van der Waals surface area contributed by atoms with E-state index in [9.17, 15) is 9.90 Å². The molecule has 0 aliphatic carbocycles. The number of carbonyl (C=O) groups excluding carboxylic acids is 1. The van der Waals surface area contributed by atoms with Crippen LogP contribution in [0.5, 0.6) is 0 Å². The van der Waals surface area contributed by atoms with E-state index in [-0.39, 0.29) is 11.9 Å². The van der Waals surface area contributed by atoms with Crippen molar-refractivity contribution in [3.05, 3.63) is 29.8 Å². The molecule has 0 bridgehead atoms. The Morgan fingerprint density at radius 2 is 2.14 bits per heavy atom. The van der Waals surface area contributed by atoms with Crippen molar-refractivity contribution in [2.75, 3.05) is 12.3 Å². The molecule has 21 heavy (non-hydrogen) atoms. The quantitative estimate of drug-likeness (QED) is 0.868. The van der Waals surface area contributed by atoms with Gasteiger partial charge in [0, 0.05) is 11.4 Å². The molecule has 0 spiro atoms. The van der Waals surface area contributed by atoms with Crippen LogP contribution in [0, 0.1) is 11.3 Å². The van der Waals surface area contributed by atoms with Crippen molar-refractivity contribution >= 4 is 17.7 Å². The molecule has 1 heterocycles. The fourth-order valence-corrected chi connectivity index (χ4v) is 3.44. The molecule has 5 heteroatoms. The SMILES string of the molecule is CC(C)(O)C1CCCN1C(=O)CSc1ccc(C#N)cc1. The number of hydrogen-bond acceptors (Lipinski definition) is 4. The van der Waals surface area contributed by atoms with Gasteiger partial charge >= 0.3 is 0 Å². The molecule has 1 aromatic carbocycles. The molecule has 0 saturated carbocycles. The Bertz CT molecular complexity index is 543. The molecule has 1 N–H and O–H groups in total. The van der Waals surface area contributed by atoms with E-state index in [1.165, 1.54) is 11.8 Å². The van der Waals surface area contributed by atoms with Crippen LogP contribution >= 0.6 is 11.8 Å². The van der Waals surface area contributed by atoms with E-state index in [2.05, 4.69) is 6.07 Å². The standard InChI is InChI=1S/C16H20N2O2S/c1-16(2,20)14-4-3-9-18(14)15(19)11-21-13-7-5-12(10-17)6-8-13/h5-8,14,20H,3-4,9,11H2,1-2H3. The highest BCUT2D eigenvalue weighted by Gasteiger charge is 2.38. The summed E-state index contributed by atoms with van der Waals surface area (Å²) in [6.45, 7) is 4.25. The summed E-state index contributed by atoms with van der Waals surface area (Å²) in [5.74, 6) is 0.423. The van der Waals surface area contributed by atoms with Crippen molar-refractivity contribution in [2.24, 2.45) is 0 Å². The average molecular weight is 304 g/mol. The van der Waals surface area contributed by atoms with Crippen molar-refractivity contribution in [3.63, 3.8) is 0 Å². The van der Waals surface area contributed by atoms with Crippen LogP contribution in [0.15, 0.2) is 29.2 Å². The fourth-order valence-electron chi connectivity index (χ4n) is 2.65. The number of hydrogen-bond donors (Lipinski definition) is 1. The molecule has 1 amide bonds. The molecule has 4 nitrogen and oxygen atoms in total. The fraction of sp³-hybridized carbons (Fsp3) is 0.500. The molecular formula is C16H20N2O2S. The second-order valence-electron chi connectivity index (χ2n) is 5.82. The molecule has 2 rings (SSSR count). The van der Waals surface area contributed by atoms with Crippen LogP contribution in [0.1, 0.15) is 32.3 Å². The summed E-state index contributed by atoms with van der Waals surface area (Å²) in [6, 6.07) is 9.20. The van der Waals surface area contributed by atoms with E-state index in [0.29, 0.717) is 11.3 Å². The van der Waals surface area contributed by atoms with Crippen LogP contribution in [-0.2, 0) is 4.79 Å². The number of rotatable bonds is 4. The smallest absolute Gasteiger partial charge is 0.233 e. The first-order valence-corrected chi connectivity index (χ1v) is 8.05. The van der Waals surface area contributed by atoms with Gasteiger partial charge in [-0.2, -0.15) is 5.26 Å². The molecule has 1 unspecified atom stereocenters. The minimum atomic E-state index is -0.856. The number of carbonyl (C=O) groups is 1. The van der Waals surface area contributed by atoms with Crippen molar-refractivity contribution in [1.29, 1.82) is 5.26 Å². The van der Waals surface area contributed by atoms with E-state index < -0.39 is 5.60 Å². The molecule has 0 radical (unpaired) electrons. The molecular weight excluding hydrogens is 284 g/mol. The Labute approximate surface area is 129 Å². The third-order valence-corrected chi connectivity index (χ3v) is 4.73. The second-order valence-corrected chi connectivity index (χ2v) is 6.87. The minimum absolute atomic E-state index is 0.0639. The first kappa shape index (κ1) is 15.9. The molecule has 1 saturated heterocycles. The zero-order valence-corrected chi connectivity index (χ0v) is 13.2. The van der Waals surface area contributed by atoms with Crippen molar-refractivity contribution in [2.45, 2.75) is 43.2 Å². The minimum Gasteiger partial charge on any atom is -0.388 e. The summed E-state index contributed by atoms with van der Waals surface area (Å²) < 4.78 is 0. The summed E-state index contributed by atoms with van der Waals surface area (Å²) in [6.07, 6.45) is 1.80. The predicted octanol–water partition coefficient (Wildman–Crippen LogP) is 2.41. The summed E-state index contributed by atoms with van der Waals surface area (Å²) in [5.41, 5.74) is -0.238. The third-order valence-electron chi connectivity index (χ3n) is 3.73. The van der Waals surface area contributed by atoms with E-state index in [1.54, 1.807) is 30.9 Å². The van der Waals surface area contributed by atoms with E-state index >= 15 is 0 Å². The normalized spacial score (nSPS) is 18.6. The van der Waals surface area contributed by atoms with Crippen molar-refractivity contribution in [1.82, 2.24) is 4.90 Å². The van der Waals surface area contributed by atoms with Crippen molar-refractivity contribution < 1.29 is 9.90 Å². The highest BCUT2D eigenvalue weighted by Crippen LogP contribution is 2.28. The van der Waals surface area contributed by atoms with Crippen LogP contribution in [0.4, 0.5) is 0 Å². The van der Waals surface area contributed by atoms with Gasteiger partial charge in [0.05, 0.1) is 29.0 Å². The second kappa shape index (κ2) is 6.50. The summed E-state index contributed by atoms with van der Waals surface area (Å²) in [4.78, 5) is 15.1. The lowest BCUT2D eigenvalue weighted by atomic mass is 9.97. The maximum Gasteiger partial charge on any atom is 0.233 e. The molecule has 1 atom stereocenters. The Kier molecular flexibility index (Phi) is 4.92. The zero-order chi connectivity index (χ0) is 15.5. The van der Waals surface area contributed by atoms with Gasteiger partial charge in [0.2, 0.25) is 5.91 Å². The summed E-state index contributed by atoms with van der Waals surface area (Å²) in [5, 5.41) is 18.9. The molecule has 1 aliphatic rings. The highest BCUT2D eigenvalue weighted by molar-refractivity contribution is 8.00. The van der Waals surface area contributed by atoms with Crippen molar-refractivity contribution in [3.8, 4) is 6.07 Å². The molecule has 112 valence electrons. The van der Waals surface area contributed by atoms with E-state index in [0.717, 1.165) is 24.3 Å². The number of thioether (sulfide) groups is 1. The molecule has 1 fully saturated rings. The summed E-state index contributed by atoms with van der Waals surface area (Å²) >= 11 is 1.46. The van der Waals surface area contributed by atoms with Gasteiger partial charge in [0.1, 0.15) is 0 Å². The Morgan fingerprint density at radius 3 is 2.71 bits per heavy atom. The molecule has 1 aliphatic heterocycles. The van der Waals surface area contributed by atoms with Gasteiger partial charge in [-0.25, -0.2) is 0 Å². The van der Waals surface area contributed by atoms with Gasteiger partial charge in [0.25, 0.3) is 0 Å². The van der Waals surface area contributed by atoms with E-state index in [4.69, 9.17) is 5.26 Å². The monoisotopic (exact) mass is 304 g/mol. The van der Waals surface area contributed by atoms with Gasteiger partial charge in [-0.15, -0.1) is 11.8 Å². The average Bonchev–Trinajstić information content (AvgIpc) is 2.95.